The first-order valence-corrected chi connectivity index (χ1v) is 10.6. The lowest BCUT2D eigenvalue weighted by atomic mass is 10.1. The van der Waals surface area contributed by atoms with E-state index < -0.39 is 0 Å². The molecule has 0 unspecified atom stereocenters. The highest BCUT2D eigenvalue weighted by Crippen LogP contribution is 2.41. The van der Waals surface area contributed by atoms with Gasteiger partial charge < -0.3 is 19.5 Å². The van der Waals surface area contributed by atoms with E-state index in [1.807, 2.05) is 37.3 Å². The molecule has 0 saturated heterocycles. The summed E-state index contributed by atoms with van der Waals surface area (Å²) in [4.78, 5) is 8.13. The van der Waals surface area contributed by atoms with Crippen LogP contribution in [0.2, 0.25) is 5.02 Å². The maximum absolute atomic E-state index is 9.58. The Morgan fingerprint density at radius 3 is 2.55 bits per heavy atom. The van der Waals surface area contributed by atoms with Crippen LogP contribution in [0.3, 0.4) is 0 Å². The van der Waals surface area contributed by atoms with Gasteiger partial charge in [-0.25, -0.2) is 4.98 Å². The van der Waals surface area contributed by atoms with Gasteiger partial charge in [0.15, 0.2) is 5.13 Å². The average molecular weight is 433 g/mol. The van der Waals surface area contributed by atoms with Crippen molar-refractivity contribution in [3.05, 3.63) is 51.9 Å². The number of thiazole rings is 1. The summed E-state index contributed by atoms with van der Waals surface area (Å²) < 4.78 is 10.8. The van der Waals surface area contributed by atoms with Crippen LogP contribution in [0.4, 0.5) is 10.8 Å². The number of anilines is 2. The van der Waals surface area contributed by atoms with E-state index in [0.717, 1.165) is 51.2 Å². The Morgan fingerprint density at radius 2 is 1.93 bits per heavy atom. The number of aromatic nitrogens is 1. The molecule has 0 fully saturated rings. The van der Waals surface area contributed by atoms with E-state index in [4.69, 9.17) is 26.1 Å². The van der Waals surface area contributed by atoms with Crippen LogP contribution in [0.5, 0.6) is 11.5 Å². The van der Waals surface area contributed by atoms with Crippen molar-refractivity contribution in [3.63, 3.8) is 0 Å². The zero-order valence-corrected chi connectivity index (χ0v) is 18.6. The number of ether oxygens (including phenoxy) is 2. The molecule has 7 heteroatoms. The van der Waals surface area contributed by atoms with Crippen LogP contribution in [-0.4, -0.2) is 30.9 Å². The van der Waals surface area contributed by atoms with Gasteiger partial charge in [-0.15, -0.1) is 11.3 Å². The largest absolute Gasteiger partial charge is 0.497 e. The minimum Gasteiger partial charge on any atom is -0.497 e. The SMILES string of the molecule is CCCN(c1nc(-c2ccc(OC)cc2Cl)c(C)s1)c1cc(CO)ccc1OC. The second-order valence-electron chi connectivity index (χ2n) is 6.56. The van der Waals surface area contributed by atoms with Crippen molar-refractivity contribution in [1.29, 1.82) is 0 Å². The fraction of sp³-hybridized carbons (Fsp3) is 0.318. The van der Waals surface area contributed by atoms with Crippen LogP contribution < -0.4 is 14.4 Å². The van der Waals surface area contributed by atoms with Gasteiger partial charge in [0.1, 0.15) is 11.5 Å². The van der Waals surface area contributed by atoms with Crippen molar-refractivity contribution in [2.45, 2.75) is 26.9 Å². The van der Waals surface area contributed by atoms with E-state index >= 15 is 0 Å². The van der Waals surface area contributed by atoms with Crippen molar-refractivity contribution < 1.29 is 14.6 Å². The highest BCUT2D eigenvalue weighted by atomic mass is 35.5. The monoisotopic (exact) mass is 432 g/mol. The summed E-state index contributed by atoms with van der Waals surface area (Å²) in [5.41, 5.74) is 3.45. The molecule has 5 nitrogen and oxygen atoms in total. The smallest absolute Gasteiger partial charge is 0.190 e. The van der Waals surface area contributed by atoms with Gasteiger partial charge in [0.05, 0.1) is 37.2 Å². The topological polar surface area (TPSA) is 54.8 Å². The number of hydrogen-bond donors (Lipinski definition) is 1. The summed E-state index contributed by atoms with van der Waals surface area (Å²) in [6.07, 6.45) is 0.934. The van der Waals surface area contributed by atoms with Crippen LogP contribution >= 0.6 is 22.9 Å². The zero-order valence-electron chi connectivity index (χ0n) is 17.0. The third-order valence-electron chi connectivity index (χ3n) is 4.61. The lowest BCUT2D eigenvalue weighted by molar-refractivity contribution is 0.281. The second-order valence-corrected chi connectivity index (χ2v) is 8.15. The van der Waals surface area contributed by atoms with Crippen LogP contribution in [-0.2, 0) is 6.61 Å². The third-order valence-corrected chi connectivity index (χ3v) is 5.92. The quantitative estimate of drug-likeness (QED) is 0.485. The molecule has 3 rings (SSSR count). The molecule has 0 aliphatic carbocycles. The maximum Gasteiger partial charge on any atom is 0.190 e. The molecule has 0 amide bonds. The molecule has 0 aliphatic rings. The Kier molecular flexibility index (Phi) is 7.00. The molecule has 29 heavy (non-hydrogen) atoms. The molecule has 1 aromatic heterocycles. The van der Waals surface area contributed by atoms with Gasteiger partial charge >= 0.3 is 0 Å². The average Bonchev–Trinajstić information content (AvgIpc) is 3.12. The van der Waals surface area contributed by atoms with Crippen LogP contribution in [0.1, 0.15) is 23.8 Å². The highest BCUT2D eigenvalue weighted by Gasteiger charge is 2.21. The lowest BCUT2D eigenvalue weighted by Gasteiger charge is -2.24. The van der Waals surface area contributed by atoms with E-state index in [1.54, 1.807) is 31.6 Å². The number of aliphatic hydroxyl groups excluding tert-OH is 1. The first kappa shape index (κ1) is 21.4. The summed E-state index contributed by atoms with van der Waals surface area (Å²) in [5, 5.41) is 11.0. The summed E-state index contributed by atoms with van der Waals surface area (Å²) >= 11 is 8.10. The zero-order chi connectivity index (χ0) is 21.0. The van der Waals surface area contributed by atoms with Crippen molar-refractivity contribution in [2.75, 3.05) is 25.7 Å². The minimum atomic E-state index is -0.0272. The summed E-state index contributed by atoms with van der Waals surface area (Å²) in [7, 11) is 3.27. The molecular formula is C22H25ClN2O3S. The molecule has 0 spiro atoms. The van der Waals surface area contributed by atoms with Crippen molar-refractivity contribution in [2.24, 2.45) is 0 Å². The first-order valence-electron chi connectivity index (χ1n) is 9.39. The first-order chi connectivity index (χ1) is 14.0. The third kappa shape index (κ3) is 4.50. The summed E-state index contributed by atoms with van der Waals surface area (Å²) in [5.74, 6) is 1.46. The van der Waals surface area contributed by atoms with Gasteiger partial charge in [0, 0.05) is 17.0 Å². The maximum atomic E-state index is 9.58. The van der Waals surface area contributed by atoms with Gasteiger partial charge in [-0.1, -0.05) is 24.6 Å². The molecule has 0 atom stereocenters. The Morgan fingerprint density at radius 1 is 1.14 bits per heavy atom. The predicted octanol–water partition coefficient (Wildman–Crippen LogP) is 5.83. The second kappa shape index (κ2) is 9.48. The predicted molar refractivity (Wildman–Crippen MR) is 120 cm³/mol. The van der Waals surface area contributed by atoms with Crippen LogP contribution in [0, 0.1) is 6.92 Å². The number of aliphatic hydroxyl groups is 1. The van der Waals surface area contributed by atoms with Crippen molar-refractivity contribution >= 4 is 33.8 Å². The Hall–Kier alpha value is -2.28. The number of methoxy groups -OCH3 is 2. The molecule has 0 bridgehead atoms. The van der Waals surface area contributed by atoms with Crippen molar-refractivity contribution in [1.82, 2.24) is 4.98 Å². The van der Waals surface area contributed by atoms with Gasteiger partial charge in [-0.3, -0.25) is 0 Å². The van der Waals surface area contributed by atoms with E-state index in [1.165, 1.54) is 0 Å². The van der Waals surface area contributed by atoms with E-state index in [2.05, 4.69) is 11.8 Å². The van der Waals surface area contributed by atoms with Gasteiger partial charge in [-0.2, -0.15) is 0 Å². The van der Waals surface area contributed by atoms with Crippen LogP contribution in [0.25, 0.3) is 11.3 Å². The molecule has 3 aromatic rings. The number of nitrogens with zero attached hydrogens (tertiary/aromatic N) is 2. The molecule has 1 heterocycles. The Labute approximate surface area is 180 Å². The standard InChI is InChI=1S/C22H25ClN2O3S/c1-5-10-25(19-11-15(13-26)6-9-20(19)28-4)22-24-21(14(2)29-22)17-8-7-16(27-3)12-18(17)23/h6-9,11-12,26H,5,10,13H2,1-4H3. The van der Waals surface area contributed by atoms with E-state index in [0.29, 0.717) is 10.8 Å². The number of aryl methyl sites for hydroxylation is 1. The van der Waals surface area contributed by atoms with Gasteiger partial charge in [0.25, 0.3) is 0 Å². The molecule has 0 saturated carbocycles. The van der Waals surface area contributed by atoms with Gasteiger partial charge in [-0.05, 0) is 49.2 Å². The molecule has 0 aliphatic heterocycles. The molecular weight excluding hydrogens is 408 g/mol. The number of halogens is 1. The summed E-state index contributed by atoms with van der Waals surface area (Å²) in [6.45, 7) is 4.91. The fourth-order valence-corrected chi connectivity index (χ4v) is 4.37. The fourth-order valence-electron chi connectivity index (χ4n) is 3.15. The normalized spacial score (nSPS) is 10.8. The molecule has 2 aromatic carbocycles. The highest BCUT2D eigenvalue weighted by molar-refractivity contribution is 7.16. The number of hydrogen-bond acceptors (Lipinski definition) is 6. The molecule has 1 N–H and O–H groups in total. The number of rotatable bonds is 8. The van der Waals surface area contributed by atoms with E-state index in [9.17, 15) is 5.11 Å². The van der Waals surface area contributed by atoms with Crippen LogP contribution in [0.15, 0.2) is 36.4 Å². The minimum absolute atomic E-state index is 0.0272. The lowest BCUT2D eigenvalue weighted by Crippen LogP contribution is -2.18. The Balaban J connectivity index is 2.08. The van der Waals surface area contributed by atoms with Crippen molar-refractivity contribution in [3.8, 4) is 22.8 Å². The summed E-state index contributed by atoms with van der Waals surface area (Å²) in [6, 6.07) is 11.3. The number of benzene rings is 2. The Bertz CT molecular complexity index is 990. The molecule has 0 radical (unpaired) electrons. The van der Waals surface area contributed by atoms with E-state index in [-0.39, 0.29) is 6.61 Å². The van der Waals surface area contributed by atoms with Gasteiger partial charge in [0.2, 0.25) is 0 Å². The molecule has 154 valence electrons.